The fraction of sp³-hybridized carbons (Fsp3) is 0.222. The fourth-order valence-electron chi connectivity index (χ4n) is 3.48. The first-order valence-electron chi connectivity index (χ1n) is 10.7. The highest BCUT2D eigenvalue weighted by Gasteiger charge is 2.40. The van der Waals surface area contributed by atoms with Crippen LogP contribution in [-0.2, 0) is 15.1 Å². The molecule has 0 aliphatic carbocycles. The Hall–Kier alpha value is -4.11. The molecule has 6 nitrogen and oxygen atoms in total. The van der Waals surface area contributed by atoms with Crippen molar-refractivity contribution in [3.05, 3.63) is 89.5 Å². The molecule has 3 aromatic rings. The molecule has 6 heteroatoms. The first-order valence-corrected chi connectivity index (χ1v) is 10.7. The SMILES string of the molecule is CC.CC=O.COc1ccc(C2(c3cccc(-c4cccc(C#N)c4)c3)COC(N)=N2)cc1. The molecule has 1 atom stereocenters. The molecule has 0 saturated carbocycles. The Kier molecular flexibility index (Phi) is 9.19. The van der Waals surface area contributed by atoms with Crippen molar-refractivity contribution in [2.24, 2.45) is 10.7 Å². The van der Waals surface area contributed by atoms with Gasteiger partial charge in [-0.2, -0.15) is 5.26 Å². The highest BCUT2D eigenvalue weighted by Crippen LogP contribution is 2.39. The number of rotatable bonds is 4. The summed E-state index contributed by atoms with van der Waals surface area (Å²) in [6, 6.07) is 25.8. The van der Waals surface area contributed by atoms with Gasteiger partial charge < -0.3 is 20.0 Å². The van der Waals surface area contributed by atoms with E-state index >= 15 is 0 Å². The number of aldehydes is 1. The molecule has 0 aromatic heterocycles. The van der Waals surface area contributed by atoms with E-state index in [1.54, 1.807) is 13.2 Å². The van der Waals surface area contributed by atoms with E-state index in [9.17, 15) is 5.26 Å². The standard InChI is InChI=1S/C23H19N3O2.C2H4O.C2H6/c1-27-21-10-8-19(9-11-21)23(15-28-22(25)26-23)20-7-3-6-18(13-20)17-5-2-4-16(12-17)14-24;1-2-3;1-2/h2-13H,15H2,1H3,(H2,25,26);2H,1H3;1-2H3. The summed E-state index contributed by atoms with van der Waals surface area (Å²) in [4.78, 5) is 13.5. The maximum absolute atomic E-state index is 9.19. The normalized spacial score (nSPS) is 15.9. The molecule has 1 unspecified atom stereocenters. The molecule has 0 spiro atoms. The maximum atomic E-state index is 9.19. The van der Waals surface area contributed by atoms with Crippen LogP contribution in [0.3, 0.4) is 0 Å². The first kappa shape index (κ1) is 25.2. The van der Waals surface area contributed by atoms with E-state index in [0.717, 1.165) is 34.3 Å². The zero-order valence-electron chi connectivity index (χ0n) is 19.4. The van der Waals surface area contributed by atoms with Gasteiger partial charge in [0.15, 0.2) is 5.54 Å². The molecule has 1 aliphatic rings. The van der Waals surface area contributed by atoms with Crippen molar-refractivity contribution in [3.8, 4) is 22.9 Å². The molecular formula is C27H29N3O3. The number of nitriles is 1. The molecule has 1 heterocycles. The van der Waals surface area contributed by atoms with E-state index in [-0.39, 0.29) is 6.02 Å². The third-order valence-electron chi connectivity index (χ3n) is 4.96. The molecule has 2 N–H and O–H groups in total. The number of nitrogens with zero attached hydrogens (tertiary/aromatic N) is 2. The van der Waals surface area contributed by atoms with Gasteiger partial charge in [-0.3, -0.25) is 0 Å². The van der Waals surface area contributed by atoms with E-state index in [4.69, 9.17) is 20.0 Å². The van der Waals surface area contributed by atoms with Gasteiger partial charge in [0, 0.05) is 0 Å². The second kappa shape index (κ2) is 12.1. The van der Waals surface area contributed by atoms with Crippen LogP contribution in [0.5, 0.6) is 5.75 Å². The van der Waals surface area contributed by atoms with Crippen LogP contribution in [0, 0.1) is 11.3 Å². The second-order valence-electron chi connectivity index (χ2n) is 6.84. The number of nitrogens with two attached hydrogens (primary N) is 1. The van der Waals surface area contributed by atoms with Crippen LogP contribution >= 0.6 is 0 Å². The van der Waals surface area contributed by atoms with Crippen molar-refractivity contribution in [1.29, 1.82) is 5.26 Å². The fourth-order valence-corrected chi connectivity index (χ4v) is 3.48. The number of hydrogen-bond donors (Lipinski definition) is 1. The van der Waals surface area contributed by atoms with Gasteiger partial charge in [0.2, 0.25) is 0 Å². The molecule has 0 bridgehead atoms. The van der Waals surface area contributed by atoms with Crippen LogP contribution in [0.2, 0.25) is 0 Å². The molecule has 3 aromatic carbocycles. The van der Waals surface area contributed by atoms with Crippen LogP contribution in [0.15, 0.2) is 77.8 Å². The number of benzene rings is 3. The number of amidine groups is 1. The minimum Gasteiger partial charge on any atom is -0.497 e. The number of hydrogen-bond acceptors (Lipinski definition) is 6. The molecule has 33 heavy (non-hydrogen) atoms. The van der Waals surface area contributed by atoms with E-state index < -0.39 is 5.54 Å². The van der Waals surface area contributed by atoms with Gasteiger partial charge in [0.1, 0.15) is 18.6 Å². The Balaban J connectivity index is 0.000000714. The quantitative estimate of drug-likeness (QED) is 0.569. The summed E-state index contributed by atoms with van der Waals surface area (Å²) < 4.78 is 10.8. The Labute approximate surface area is 195 Å². The lowest BCUT2D eigenvalue weighted by molar-refractivity contribution is -0.106. The van der Waals surface area contributed by atoms with Gasteiger partial charge in [0.25, 0.3) is 6.02 Å². The molecule has 0 fully saturated rings. The molecular weight excluding hydrogens is 414 g/mol. The molecule has 0 amide bonds. The van der Waals surface area contributed by atoms with Crippen molar-refractivity contribution < 1.29 is 14.3 Å². The minimum absolute atomic E-state index is 0.174. The summed E-state index contributed by atoms with van der Waals surface area (Å²) in [6.45, 7) is 5.77. The van der Waals surface area contributed by atoms with Crippen molar-refractivity contribution >= 4 is 12.3 Å². The lowest BCUT2D eigenvalue weighted by Crippen LogP contribution is -2.27. The molecule has 170 valence electrons. The predicted molar refractivity (Wildman–Crippen MR) is 131 cm³/mol. The van der Waals surface area contributed by atoms with E-state index in [2.05, 4.69) is 17.1 Å². The molecule has 0 radical (unpaired) electrons. The number of carbonyl (C=O) groups excluding carboxylic acids is 1. The van der Waals surface area contributed by atoms with Crippen LogP contribution < -0.4 is 10.5 Å². The number of methoxy groups -OCH3 is 1. The van der Waals surface area contributed by atoms with Crippen LogP contribution in [0.1, 0.15) is 37.5 Å². The van der Waals surface area contributed by atoms with Crippen LogP contribution in [0.25, 0.3) is 11.1 Å². The summed E-state index contributed by atoms with van der Waals surface area (Å²) in [5, 5.41) is 9.19. The maximum Gasteiger partial charge on any atom is 0.283 e. The summed E-state index contributed by atoms with van der Waals surface area (Å²) in [5.41, 5.74) is 9.71. The summed E-state index contributed by atoms with van der Waals surface area (Å²) >= 11 is 0. The summed E-state index contributed by atoms with van der Waals surface area (Å²) in [7, 11) is 1.64. The average molecular weight is 444 g/mol. The lowest BCUT2D eigenvalue weighted by Gasteiger charge is -2.26. The van der Waals surface area contributed by atoms with Gasteiger partial charge in [-0.05, 0) is 59.5 Å². The third kappa shape index (κ3) is 5.78. The highest BCUT2D eigenvalue weighted by molar-refractivity contribution is 5.76. The first-order chi connectivity index (χ1) is 16.1. The van der Waals surface area contributed by atoms with Gasteiger partial charge in [0.05, 0.1) is 18.7 Å². The third-order valence-corrected chi connectivity index (χ3v) is 4.96. The van der Waals surface area contributed by atoms with Crippen LogP contribution in [0.4, 0.5) is 0 Å². The topological polar surface area (TPSA) is 97.7 Å². The van der Waals surface area contributed by atoms with Crippen LogP contribution in [-0.4, -0.2) is 26.0 Å². The predicted octanol–water partition coefficient (Wildman–Crippen LogP) is 5.05. The summed E-state index contributed by atoms with van der Waals surface area (Å²) in [5.74, 6) is 0.775. The Bertz CT molecular complexity index is 1130. The highest BCUT2D eigenvalue weighted by atomic mass is 16.5. The van der Waals surface area contributed by atoms with Crippen molar-refractivity contribution in [2.75, 3.05) is 13.7 Å². The van der Waals surface area contributed by atoms with E-state index in [1.165, 1.54) is 6.92 Å². The number of aliphatic imine (C=N–C) groups is 1. The Morgan fingerprint density at radius 1 is 1.03 bits per heavy atom. The largest absolute Gasteiger partial charge is 0.497 e. The molecule has 1 aliphatic heterocycles. The second-order valence-corrected chi connectivity index (χ2v) is 6.84. The van der Waals surface area contributed by atoms with Gasteiger partial charge >= 0.3 is 0 Å². The van der Waals surface area contributed by atoms with Crippen molar-refractivity contribution in [3.63, 3.8) is 0 Å². The van der Waals surface area contributed by atoms with Crippen molar-refractivity contribution in [1.82, 2.24) is 0 Å². The Morgan fingerprint density at radius 2 is 1.64 bits per heavy atom. The minimum atomic E-state index is -0.723. The van der Waals surface area contributed by atoms with Gasteiger partial charge in [-0.1, -0.05) is 56.3 Å². The zero-order chi connectivity index (χ0) is 24.3. The van der Waals surface area contributed by atoms with E-state index in [0.29, 0.717) is 12.2 Å². The van der Waals surface area contributed by atoms with Gasteiger partial charge in [-0.15, -0.1) is 0 Å². The summed E-state index contributed by atoms with van der Waals surface area (Å²) in [6.07, 6.45) is 0.750. The Morgan fingerprint density at radius 3 is 2.18 bits per heavy atom. The smallest absolute Gasteiger partial charge is 0.283 e. The lowest BCUT2D eigenvalue weighted by atomic mass is 9.83. The van der Waals surface area contributed by atoms with Crippen molar-refractivity contribution in [2.45, 2.75) is 26.3 Å². The van der Waals surface area contributed by atoms with Gasteiger partial charge in [-0.25, -0.2) is 4.99 Å². The number of ether oxygens (including phenoxy) is 2. The monoisotopic (exact) mass is 443 g/mol. The molecule has 4 rings (SSSR count). The molecule has 0 saturated heterocycles. The number of carbonyl (C=O) groups is 1. The average Bonchev–Trinajstić information content (AvgIpc) is 3.28. The zero-order valence-corrected chi connectivity index (χ0v) is 19.4. The van der Waals surface area contributed by atoms with E-state index in [1.807, 2.05) is 74.5 Å².